The number of aryl methyl sites for hydroxylation is 2. The summed E-state index contributed by atoms with van der Waals surface area (Å²) in [6.45, 7) is 5.90. The van der Waals surface area contributed by atoms with E-state index < -0.39 is 15.8 Å². The first-order valence-electron chi connectivity index (χ1n) is 9.94. The highest BCUT2D eigenvalue weighted by Gasteiger charge is 2.31. The minimum Gasteiger partial charge on any atom is -0.345 e. The molecule has 5 nitrogen and oxygen atoms in total. The van der Waals surface area contributed by atoms with Crippen molar-refractivity contribution in [3.8, 4) is 0 Å². The van der Waals surface area contributed by atoms with Gasteiger partial charge in [-0.25, -0.2) is 17.8 Å². The summed E-state index contributed by atoms with van der Waals surface area (Å²) >= 11 is 7.56. The van der Waals surface area contributed by atoms with E-state index in [0.29, 0.717) is 26.2 Å². The van der Waals surface area contributed by atoms with Crippen molar-refractivity contribution in [1.82, 2.24) is 9.29 Å². The number of piperazine rings is 1. The Bertz CT molecular complexity index is 1180. The van der Waals surface area contributed by atoms with Gasteiger partial charge in [0.05, 0.1) is 10.7 Å². The van der Waals surface area contributed by atoms with Gasteiger partial charge < -0.3 is 4.90 Å². The van der Waals surface area contributed by atoms with Gasteiger partial charge in [-0.1, -0.05) is 40.9 Å². The van der Waals surface area contributed by atoms with Gasteiger partial charge in [0.25, 0.3) is 0 Å². The van der Waals surface area contributed by atoms with E-state index in [1.54, 1.807) is 11.3 Å². The van der Waals surface area contributed by atoms with Gasteiger partial charge in [0.15, 0.2) is 5.13 Å². The molecule has 0 saturated carbocycles. The topological polar surface area (TPSA) is 53.5 Å². The predicted molar refractivity (Wildman–Crippen MR) is 123 cm³/mol. The van der Waals surface area contributed by atoms with Crippen molar-refractivity contribution >= 4 is 38.1 Å². The number of nitrogens with zero attached hydrogens (tertiary/aromatic N) is 3. The maximum Gasteiger partial charge on any atom is 0.244 e. The molecule has 0 amide bonds. The highest BCUT2D eigenvalue weighted by molar-refractivity contribution is 7.89. The highest BCUT2D eigenvalue weighted by atomic mass is 35.5. The quantitative estimate of drug-likeness (QED) is 0.534. The van der Waals surface area contributed by atoms with Crippen LogP contribution in [0.5, 0.6) is 0 Å². The highest BCUT2D eigenvalue weighted by Crippen LogP contribution is 2.28. The molecule has 1 aliphatic rings. The molecule has 1 aliphatic heterocycles. The minimum absolute atomic E-state index is 0.0611. The lowest BCUT2D eigenvalue weighted by atomic mass is 10.0. The molecular formula is C22H23ClFN3O2S2. The average Bonchev–Trinajstić information content (AvgIpc) is 3.15. The second kappa shape index (κ2) is 8.86. The molecule has 9 heteroatoms. The summed E-state index contributed by atoms with van der Waals surface area (Å²) in [4.78, 5) is 6.82. The van der Waals surface area contributed by atoms with Gasteiger partial charge in [-0.05, 0) is 37.6 Å². The van der Waals surface area contributed by atoms with Crippen molar-refractivity contribution in [2.24, 2.45) is 0 Å². The molecule has 3 aromatic rings. The van der Waals surface area contributed by atoms with Crippen LogP contribution < -0.4 is 4.90 Å². The molecule has 0 spiro atoms. The average molecular weight is 480 g/mol. The lowest BCUT2D eigenvalue weighted by Gasteiger charge is -2.33. The van der Waals surface area contributed by atoms with Crippen LogP contribution in [0.2, 0.25) is 5.02 Å². The van der Waals surface area contributed by atoms with Crippen LogP contribution >= 0.6 is 22.9 Å². The fourth-order valence-electron chi connectivity index (χ4n) is 3.85. The molecule has 0 N–H and O–H groups in total. The molecule has 0 aliphatic carbocycles. The summed E-state index contributed by atoms with van der Waals surface area (Å²) in [6.07, 6.45) is 0.774. The summed E-state index contributed by atoms with van der Waals surface area (Å²) in [5, 5.41) is 2.86. The summed E-state index contributed by atoms with van der Waals surface area (Å²) in [6, 6.07) is 9.87. The zero-order chi connectivity index (χ0) is 22.2. The number of hydrogen-bond donors (Lipinski definition) is 0. The Morgan fingerprint density at radius 1 is 1.06 bits per heavy atom. The number of anilines is 1. The van der Waals surface area contributed by atoms with Crippen molar-refractivity contribution < 1.29 is 12.8 Å². The van der Waals surface area contributed by atoms with Crippen molar-refractivity contribution in [3.05, 3.63) is 75.0 Å². The monoisotopic (exact) mass is 479 g/mol. The van der Waals surface area contributed by atoms with E-state index in [0.717, 1.165) is 29.4 Å². The summed E-state index contributed by atoms with van der Waals surface area (Å²) in [5.74, 6) is -0.561. The van der Waals surface area contributed by atoms with Gasteiger partial charge in [0.2, 0.25) is 10.0 Å². The van der Waals surface area contributed by atoms with E-state index in [1.165, 1.54) is 27.1 Å². The standard InChI is InChI=1S/C22H23ClFN3O2S2/c1-15-9-16(2)11-17(10-15)12-19-14-30-22(25-19)26-5-7-27(8-6-26)31(28,29)21-4-3-18(24)13-20(21)23/h3-4,9-11,13-14H,5-8,12H2,1-2H3. The Morgan fingerprint density at radius 3 is 2.39 bits per heavy atom. The predicted octanol–water partition coefficient (Wildman–Crippen LogP) is 4.65. The van der Waals surface area contributed by atoms with Crippen LogP contribution in [0, 0.1) is 19.7 Å². The number of hydrogen-bond acceptors (Lipinski definition) is 5. The van der Waals surface area contributed by atoms with Crippen molar-refractivity contribution in [1.29, 1.82) is 0 Å². The van der Waals surface area contributed by atoms with Crippen LogP contribution in [0.25, 0.3) is 0 Å². The number of sulfonamides is 1. The number of halogens is 2. The Balaban J connectivity index is 1.42. The first-order valence-corrected chi connectivity index (χ1v) is 12.6. The summed E-state index contributed by atoms with van der Waals surface area (Å²) < 4.78 is 40.5. The smallest absolute Gasteiger partial charge is 0.244 e. The van der Waals surface area contributed by atoms with Gasteiger partial charge in [0.1, 0.15) is 10.7 Å². The molecule has 31 heavy (non-hydrogen) atoms. The third kappa shape index (κ3) is 4.92. The van der Waals surface area contributed by atoms with Crippen LogP contribution in [-0.4, -0.2) is 43.9 Å². The van der Waals surface area contributed by atoms with Crippen LogP contribution in [0.1, 0.15) is 22.4 Å². The fraction of sp³-hybridized carbons (Fsp3) is 0.318. The van der Waals surface area contributed by atoms with Gasteiger partial charge in [-0.15, -0.1) is 11.3 Å². The molecule has 1 saturated heterocycles. The molecule has 0 atom stereocenters. The zero-order valence-electron chi connectivity index (χ0n) is 17.3. The van der Waals surface area contributed by atoms with Gasteiger partial charge in [-0.2, -0.15) is 4.31 Å². The van der Waals surface area contributed by atoms with Crippen LogP contribution in [0.4, 0.5) is 9.52 Å². The summed E-state index contributed by atoms with van der Waals surface area (Å²) in [7, 11) is -3.77. The van der Waals surface area contributed by atoms with Crippen molar-refractivity contribution in [3.63, 3.8) is 0 Å². The first-order chi connectivity index (χ1) is 14.7. The van der Waals surface area contributed by atoms with E-state index in [1.807, 2.05) is 0 Å². The van der Waals surface area contributed by atoms with E-state index >= 15 is 0 Å². The molecule has 164 valence electrons. The second-order valence-electron chi connectivity index (χ2n) is 7.76. The van der Waals surface area contributed by atoms with Crippen molar-refractivity contribution in [2.75, 3.05) is 31.1 Å². The molecular weight excluding hydrogens is 457 g/mol. The molecule has 0 unspecified atom stereocenters. The molecule has 1 fully saturated rings. The molecule has 2 aromatic carbocycles. The SMILES string of the molecule is Cc1cc(C)cc(Cc2csc(N3CCN(S(=O)(=O)c4ccc(F)cc4Cl)CC3)n2)c1. The number of benzene rings is 2. The Labute approximate surface area is 191 Å². The largest absolute Gasteiger partial charge is 0.345 e. The Morgan fingerprint density at radius 2 is 1.74 bits per heavy atom. The lowest BCUT2D eigenvalue weighted by molar-refractivity contribution is 0.384. The van der Waals surface area contributed by atoms with E-state index in [-0.39, 0.29) is 9.92 Å². The van der Waals surface area contributed by atoms with Crippen LogP contribution in [-0.2, 0) is 16.4 Å². The number of aromatic nitrogens is 1. The Hall–Kier alpha value is -2.00. The van der Waals surface area contributed by atoms with Crippen LogP contribution in [0.3, 0.4) is 0 Å². The van der Waals surface area contributed by atoms with E-state index in [9.17, 15) is 12.8 Å². The fourth-order valence-corrected chi connectivity index (χ4v) is 6.65. The normalized spacial score (nSPS) is 15.4. The Kier molecular flexibility index (Phi) is 6.35. The molecule has 0 bridgehead atoms. The molecule has 0 radical (unpaired) electrons. The maximum absolute atomic E-state index is 13.3. The van der Waals surface area contributed by atoms with Gasteiger partial charge >= 0.3 is 0 Å². The van der Waals surface area contributed by atoms with E-state index in [4.69, 9.17) is 16.6 Å². The maximum atomic E-state index is 13.3. The molecule has 2 heterocycles. The lowest BCUT2D eigenvalue weighted by Crippen LogP contribution is -2.48. The molecule has 4 rings (SSSR count). The number of rotatable bonds is 5. The van der Waals surface area contributed by atoms with Crippen LogP contribution in [0.15, 0.2) is 46.7 Å². The third-order valence-electron chi connectivity index (χ3n) is 5.23. The van der Waals surface area contributed by atoms with Crippen molar-refractivity contribution in [2.45, 2.75) is 25.2 Å². The number of thiazole rings is 1. The minimum atomic E-state index is -3.77. The molecule has 1 aromatic heterocycles. The van der Waals surface area contributed by atoms with Gasteiger partial charge in [-0.3, -0.25) is 0 Å². The second-order valence-corrected chi connectivity index (χ2v) is 10.9. The van der Waals surface area contributed by atoms with E-state index in [2.05, 4.69) is 42.3 Å². The first kappa shape index (κ1) is 22.2. The zero-order valence-corrected chi connectivity index (χ0v) is 19.7. The third-order valence-corrected chi connectivity index (χ3v) is 8.56. The summed E-state index contributed by atoms with van der Waals surface area (Å²) in [5.41, 5.74) is 4.73. The van der Waals surface area contributed by atoms with Gasteiger partial charge in [0, 0.05) is 38.0 Å².